The normalized spacial score (nSPS) is 17.7. The van der Waals surface area contributed by atoms with Crippen LogP contribution < -0.4 is 10.5 Å². The molecule has 1 fully saturated rings. The molecule has 3 aromatic carbocycles. The van der Waals surface area contributed by atoms with Crippen LogP contribution in [-0.2, 0) is 24.1 Å². The fourth-order valence-corrected chi connectivity index (χ4v) is 6.17. The monoisotopic (exact) mass is 594 g/mol. The molecule has 1 amide bonds. The van der Waals surface area contributed by atoms with Crippen LogP contribution in [0.1, 0.15) is 50.3 Å². The average molecular weight is 595 g/mol. The Kier molecular flexibility index (Phi) is 7.82. The van der Waals surface area contributed by atoms with Crippen LogP contribution in [0.25, 0.3) is 17.2 Å². The number of primary sulfonamides is 1. The van der Waals surface area contributed by atoms with Crippen LogP contribution in [0.5, 0.6) is 0 Å². The highest BCUT2D eigenvalue weighted by atomic mass is 35.5. The first-order chi connectivity index (χ1) is 19.3. The van der Waals surface area contributed by atoms with Gasteiger partial charge in [0.05, 0.1) is 16.2 Å². The Hall–Kier alpha value is -3.15. The highest BCUT2D eigenvalue weighted by molar-refractivity contribution is 7.89. The molecule has 41 heavy (non-hydrogen) atoms. The second-order valence-electron chi connectivity index (χ2n) is 11.2. The van der Waals surface area contributed by atoms with E-state index < -0.39 is 34.4 Å². The zero-order valence-corrected chi connectivity index (χ0v) is 24.9. The van der Waals surface area contributed by atoms with Crippen LogP contribution in [0.3, 0.4) is 0 Å². The summed E-state index contributed by atoms with van der Waals surface area (Å²) in [4.78, 5) is 12.7. The summed E-state index contributed by atoms with van der Waals surface area (Å²) in [5, 5.41) is 8.05. The molecule has 214 valence electrons. The van der Waals surface area contributed by atoms with E-state index in [1.165, 1.54) is 12.1 Å². The molecule has 0 atom stereocenters. The maximum absolute atomic E-state index is 12.9. The molecule has 1 heterocycles. The predicted octanol–water partition coefficient (Wildman–Crippen LogP) is 5.54. The molecule has 1 aliphatic heterocycles. The first kappa shape index (κ1) is 29.4. The van der Waals surface area contributed by atoms with Crippen LogP contribution in [-0.4, -0.2) is 46.0 Å². The van der Waals surface area contributed by atoms with Gasteiger partial charge < -0.3 is 19.4 Å². The minimum absolute atomic E-state index is 0.0148. The molecule has 3 N–H and O–H groups in total. The summed E-state index contributed by atoms with van der Waals surface area (Å²) in [5.41, 5.74) is 4.49. The fraction of sp³-hybridized carbons (Fsp3) is 0.300. The Morgan fingerprint density at radius 3 is 2.10 bits per heavy atom. The summed E-state index contributed by atoms with van der Waals surface area (Å²) in [7, 11) is -4.75. The Morgan fingerprint density at radius 2 is 1.56 bits per heavy atom. The van der Waals surface area contributed by atoms with Crippen molar-refractivity contribution < 1.29 is 27.3 Å². The van der Waals surface area contributed by atoms with Gasteiger partial charge in [0.1, 0.15) is 11.5 Å². The summed E-state index contributed by atoms with van der Waals surface area (Å²) < 4.78 is 41.7. The second-order valence-corrected chi connectivity index (χ2v) is 13.2. The smallest absolute Gasteiger partial charge is 0.449 e. The van der Waals surface area contributed by atoms with Gasteiger partial charge in [0, 0.05) is 12.5 Å². The van der Waals surface area contributed by atoms with Crippen LogP contribution in [0.2, 0.25) is 5.02 Å². The van der Waals surface area contributed by atoms with Gasteiger partial charge in [0.2, 0.25) is 10.0 Å². The van der Waals surface area contributed by atoms with Crippen LogP contribution in [0.15, 0.2) is 77.1 Å². The average Bonchev–Trinajstić information content (AvgIpc) is 3.33. The zero-order valence-electron chi connectivity index (χ0n) is 23.3. The van der Waals surface area contributed by atoms with Gasteiger partial charge in [-0.25, -0.2) is 18.4 Å². The van der Waals surface area contributed by atoms with Crippen molar-refractivity contribution in [2.45, 2.75) is 49.7 Å². The molecule has 0 saturated carbocycles. The number of ether oxygens (including phenoxy) is 1. The van der Waals surface area contributed by atoms with E-state index >= 15 is 0 Å². The minimum atomic E-state index is -3.97. The molecule has 0 spiro atoms. The summed E-state index contributed by atoms with van der Waals surface area (Å²) in [6, 6.07) is 20.7. The van der Waals surface area contributed by atoms with Crippen molar-refractivity contribution in [1.82, 2.24) is 5.32 Å². The predicted molar refractivity (Wildman–Crippen MR) is 160 cm³/mol. The molecular weight excluding hydrogens is 563 g/mol. The number of rotatable bonds is 7. The number of halogens is 1. The Balaban J connectivity index is 1.33. The van der Waals surface area contributed by atoms with Crippen LogP contribution in [0.4, 0.5) is 4.79 Å². The highest BCUT2D eigenvalue weighted by Crippen LogP contribution is 2.44. The number of carbonyl (C=O) groups excluding carboxylic acids is 1. The molecule has 5 rings (SSSR count). The van der Waals surface area contributed by atoms with E-state index in [1.54, 1.807) is 12.1 Å². The summed E-state index contributed by atoms with van der Waals surface area (Å²) in [6.07, 6.45) is 1.15. The number of hydrogen-bond donors (Lipinski definition) is 2. The number of carbonyl (C=O) groups is 1. The summed E-state index contributed by atoms with van der Waals surface area (Å²) in [5.74, 6) is -0.0641. The first-order valence-corrected chi connectivity index (χ1v) is 15.2. The van der Waals surface area contributed by atoms with Crippen molar-refractivity contribution in [1.29, 1.82) is 0 Å². The molecule has 1 aliphatic carbocycles. The van der Waals surface area contributed by atoms with Gasteiger partial charge >= 0.3 is 13.2 Å². The number of nitrogens with two attached hydrogens (primary N) is 1. The second kappa shape index (κ2) is 10.9. The van der Waals surface area contributed by atoms with Crippen molar-refractivity contribution in [3.05, 3.63) is 93.9 Å². The van der Waals surface area contributed by atoms with Crippen LogP contribution in [0, 0.1) is 0 Å². The summed E-state index contributed by atoms with van der Waals surface area (Å²) >= 11 is 6.21. The number of nitrogens with one attached hydrogen (secondary N) is 1. The number of hydrogen-bond acceptors (Lipinski definition) is 6. The van der Waals surface area contributed by atoms with Gasteiger partial charge in [-0.2, -0.15) is 0 Å². The SMILES string of the molecule is CC1(C)OB(C(=Cc2ccc(S(N)(=O)=O)c(Cl)c2)CNC(=O)OCC2c3ccccc3-c3ccccc32)OC1(C)C. The van der Waals surface area contributed by atoms with Crippen molar-refractivity contribution in [3.8, 4) is 11.1 Å². The van der Waals surface area contributed by atoms with E-state index in [9.17, 15) is 13.2 Å². The Labute approximate surface area is 246 Å². The zero-order chi connectivity index (χ0) is 29.6. The molecule has 3 aromatic rings. The Morgan fingerprint density at radius 1 is 1.00 bits per heavy atom. The van der Waals surface area contributed by atoms with E-state index in [4.69, 9.17) is 30.8 Å². The lowest BCUT2D eigenvalue weighted by atomic mass is 9.77. The van der Waals surface area contributed by atoms with Gasteiger partial charge in [-0.05, 0) is 73.1 Å². The lowest BCUT2D eigenvalue weighted by Gasteiger charge is -2.32. The maximum Gasteiger partial charge on any atom is 0.492 e. The van der Waals surface area contributed by atoms with Crippen LogP contribution >= 0.6 is 11.6 Å². The van der Waals surface area contributed by atoms with E-state index in [1.807, 2.05) is 52.0 Å². The summed E-state index contributed by atoms with van der Waals surface area (Å²) in [6.45, 7) is 7.97. The van der Waals surface area contributed by atoms with E-state index in [0.717, 1.165) is 22.3 Å². The number of fused-ring (bicyclic) bond motifs is 3. The van der Waals surface area contributed by atoms with E-state index in [0.29, 0.717) is 11.0 Å². The molecule has 2 aliphatic rings. The van der Waals surface area contributed by atoms with Gasteiger partial charge in [0.15, 0.2) is 0 Å². The molecule has 8 nitrogen and oxygen atoms in total. The molecule has 0 unspecified atom stereocenters. The fourth-order valence-electron chi connectivity index (χ4n) is 5.07. The van der Waals surface area contributed by atoms with Crippen molar-refractivity contribution >= 4 is 40.9 Å². The van der Waals surface area contributed by atoms with Gasteiger partial charge in [-0.1, -0.05) is 72.3 Å². The molecular formula is C30H32BClN2O6S. The Bertz CT molecular complexity index is 1580. The van der Waals surface area contributed by atoms with Crippen molar-refractivity contribution in [3.63, 3.8) is 0 Å². The third-order valence-electron chi connectivity index (χ3n) is 7.95. The van der Waals surface area contributed by atoms with Gasteiger partial charge in [-0.3, -0.25) is 0 Å². The third-order valence-corrected chi connectivity index (χ3v) is 9.34. The first-order valence-electron chi connectivity index (χ1n) is 13.2. The number of sulfonamides is 1. The minimum Gasteiger partial charge on any atom is -0.449 e. The van der Waals surface area contributed by atoms with E-state index in [-0.39, 0.29) is 29.0 Å². The third kappa shape index (κ3) is 5.94. The molecule has 0 radical (unpaired) electrons. The van der Waals surface area contributed by atoms with Crippen molar-refractivity contribution in [2.75, 3.05) is 13.2 Å². The quantitative estimate of drug-likeness (QED) is 0.347. The number of benzene rings is 3. The molecule has 0 aromatic heterocycles. The largest absolute Gasteiger partial charge is 0.492 e. The topological polar surface area (TPSA) is 117 Å². The van der Waals surface area contributed by atoms with E-state index in [2.05, 4.69) is 29.6 Å². The number of alkyl carbamates (subject to hydrolysis) is 1. The molecule has 11 heteroatoms. The molecule has 1 saturated heterocycles. The highest BCUT2D eigenvalue weighted by Gasteiger charge is 2.52. The van der Waals surface area contributed by atoms with Gasteiger partial charge in [0.25, 0.3) is 0 Å². The maximum atomic E-state index is 12.9. The van der Waals surface area contributed by atoms with Gasteiger partial charge in [-0.15, -0.1) is 0 Å². The van der Waals surface area contributed by atoms with Crippen molar-refractivity contribution in [2.24, 2.45) is 5.14 Å². The molecule has 0 bridgehead atoms. The lowest BCUT2D eigenvalue weighted by Crippen LogP contribution is -2.41. The standard InChI is InChI=1S/C30H32BClN2O6S/c1-29(2)30(3,4)40-31(39-29)20(15-19-13-14-27(26(32)16-19)41(33,36)37)17-34-28(35)38-18-25-23-11-7-5-9-21(23)22-10-6-8-12-24(22)25/h5-16,25H,17-18H2,1-4H3,(H,34,35)(H2,33,36,37). The lowest BCUT2D eigenvalue weighted by molar-refractivity contribution is 0.00578. The number of amides is 1.